The van der Waals surface area contributed by atoms with E-state index in [9.17, 15) is 4.79 Å². The van der Waals surface area contributed by atoms with Crippen LogP contribution in [0.25, 0.3) is 6.08 Å². The smallest absolute Gasteiger partial charge is 0.244 e. The molecule has 1 aromatic rings. The lowest BCUT2D eigenvalue weighted by Gasteiger charge is -2.11. The van der Waals surface area contributed by atoms with Crippen molar-refractivity contribution in [1.82, 2.24) is 5.32 Å². The maximum Gasteiger partial charge on any atom is 0.244 e. The fourth-order valence-electron chi connectivity index (χ4n) is 1.10. The first-order chi connectivity index (χ1) is 7.65. The van der Waals surface area contributed by atoms with Gasteiger partial charge in [-0.3, -0.25) is 4.79 Å². The van der Waals surface area contributed by atoms with Crippen LogP contribution in [0, 0.1) is 0 Å². The van der Waals surface area contributed by atoms with Crippen LogP contribution >= 0.6 is 15.9 Å². The molecular weight excluding hydrogens is 274 g/mol. The van der Waals surface area contributed by atoms with Crippen molar-refractivity contribution in [2.75, 3.05) is 6.61 Å². The van der Waals surface area contributed by atoms with E-state index in [4.69, 9.17) is 9.52 Å². The Kier molecular flexibility index (Phi) is 5.28. The number of hydrogen-bond acceptors (Lipinski definition) is 3. The van der Waals surface area contributed by atoms with Crippen molar-refractivity contribution in [2.24, 2.45) is 0 Å². The molecule has 2 N–H and O–H groups in total. The summed E-state index contributed by atoms with van der Waals surface area (Å²) in [6.45, 7) is 1.84. The summed E-state index contributed by atoms with van der Waals surface area (Å²) in [4.78, 5) is 11.4. The summed E-state index contributed by atoms with van der Waals surface area (Å²) in [6, 6.07) is 3.30. The molecule has 1 atom stereocenters. The summed E-state index contributed by atoms with van der Waals surface area (Å²) in [5.41, 5.74) is 0. The summed E-state index contributed by atoms with van der Waals surface area (Å²) in [5, 5.41) is 11.6. The van der Waals surface area contributed by atoms with Crippen LogP contribution in [0.5, 0.6) is 0 Å². The van der Waals surface area contributed by atoms with Gasteiger partial charge < -0.3 is 14.8 Å². The first-order valence-electron chi connectivity index (χ1n) is 5.00. The van der Waals surface area contributed by atoms with Crippen molar-refractivity contribution in [1.29, 1.82) is 0 Å². The molecule has 1 rings (SSSR count). The predicted molar refractivity (Wildman–Crippen MR) is 64.7 cm³/mol. The lowest BCUT2D eigenvalue weighted by molar-refractivity contribution is -0.117. The Labute approximate surface area is 102 Å². The van der Waals surface area contributed by atoms with Crippen LogP contribution in [0.1, 0.15) is 19.1 Å². The van der Waals surface area contributed by atoms with Gasteiger partial charge in [-0.2, -0.15) is 0 Å². The Morgan fingerprint density at radius 3 is 2.94 bits per heavy atom. The van der Waals surface area contributed by atoms with E-state index in [2.05, 4.69) is 21.2 Å². The molecule has 1 amide bonds. The van der Waals surface area contributed by atoms with E-state index in [1.807, 2.05) is 6.92 Å². The molecule has 16 heavy (non-hydrogen) atoms. The largest absolute Gasteiger partial charge is 0.450 e. The van der Waals surface area contributed by atoms with Gasteiger partial charge in [0.1, 0.15) is 5.76 Å². The highest BCUT2D eigenvalue weighted by Gasteiger charge is 2.06. The van der Waals surface area contributed by atoms with Crippen molar-refractivity contribution >= 4 is 27.9 Å². The molecule has 0 radical (unpaired) electrons. The van der Waals surface area contributed by atoms with Gasteiger partial charge in [0, 0.05) is 6.08 Å². The predicted octanol–water partition coefficient (Wildman–Crippen LogP) is 1.94. The molecule has 0 aliphatic heterocycles. The molecule has 5 heteroatoms. The third kappa shape index (κ3) is 4.20. The quantitative estimate of drug-likeness (QED) is 0.814. The Balaban J connectivity index is 2.48. The van der Waals surface area contributed by atoms with E-state index >= 15 is 0 Å². The number of carbonyl (C=O) groups is 1. The minimum Gasteiger partial charge on any atom is -0.450 e. The lowest BCUT2D eigenvalue weighted by Crippen LogP contribution is -2.35. The number of aliphatic hydroxyl groups is 1. The van der Waals surface area contributed by atoms with Gasteiger partial charge in [-0.1, -0.05) is 6.92 Å². The summed E-state index contributed by atoms with van der Waals surface area (Å²) >= 11 is 3.17. The van der Waals surface area contributed by atoms with Gasteiger partial charge in [0.05, 0.1) is 12.6 Å². The number of furan rings is 1. The van der Waals surface area contributed by atoms with Crippen molar-refractivity contribution < 1.29 is 14.3 Å². The Hall–Kier alpha value is -1.07. The van der Waals surface area contributed by atoms with Crippen molar-refractivity contribution in [3.05, 3.63) is 28.6 Å². The van der Waals surface area contributed by atoms with E-state index in [0.717, 1.165) is 0 Å². The third-order valence-electron chi connectivity index (χ3n) is 2.05. The van der Waals surface area contributed by atoms with Crippen LogP contribution in [0.4, 0.5) is 0 Å². The second-order valence-corrected chi connectivity index (χ2v) is 4.05. The molecule has 4 nitrogen and oxygen atoms in total. The lowest BCUT2D eigenvalue weighted by atomic mass is 10.2. The molecule has 0 bridgehead atoms. The first kappa shape index (κ1) is 13.0. The zero-order chi connectivity index (χ0) is 12.0. The molecule has 0 saturated carbocycles. The fourth-order valence-corrected chi connectivity index (χ4v) is 1.42. The fraction of sp³-hybridized carbons (Fsp3) is 0.364. The molecule has 0 fully saturated rings. The maximum atomic E-state index is 11.4. The van der Waals surface area contributed by atoms with Gasteiger partial charge in [-0.15, -0.1) is 0 Å². The molecule has 88 valence electrons. The monoisotopic (exact) mass is 287 g/mol. The molecule has 1 heterocycles. The van der Waals surface area contributed by atoms with Crippen molar-refractivity contribution in [3.63, 3.8) is 0 Å². The van der Waals surface area contributed by atoms with Gasteiger partial charge in [-0.25, -0.2) is 0 Å². The number of aliphatic hydroxyl groups excluding tert-OH is 1. The molecule has 0 saturated heterocycles. The Bertz CT molecular complexity index is 369. The van der Waals surface area contributed by atoms with Gasteiger partial charge >= 0.3 is 0 Å². The van der Waals surface area contributed by atoms with E-state index in [1.165, 1.54) is 6.08 Å². The average molecular weight is 288 g/mol. The van der Waals surface area contributed by atoms with Gasteiger partial charge in [-0.05, 0) is 40.6 Å². The van der Waals surface area contributed by atoms with Crippen molar-refractivity contribution in [3.8, 4) is 0 Å². The number of halogens is 1. The minimum absolute atomic E-state index is 0.0532. The van der Waals surface area contributed by atoms with Crippen molar-refractivity contribution in [2.45, 2.75) is 19.4 Å². The standard InChI is InChI=1S/C11H14BrNO3/c1-2-8(7-14)13-11(15)6-4-9-3-5-10(12)16-9/h3-6,8,14H,2,7H2,1H3,(H,13,15)/b6-4+/t8-/m1/s1. The van der Waals surface area contributed by atoms with E-state index in [1.54, 1.807) is 18.2 Å². The van der Waals surface area contributed by atoms with Crippen LogP contribution in [-0.4, -0.2) is 23.7 Å². The Morgan fingerprint density at radius 1 is 1.69 bits per heavy atom. The van der Waals surface area contributed by atoms with E-state index < -0.39 is 0 Å². The molecule has 0 unspecified atom stereocenters. The molecule has 0 aliphatic carbocycles. The van der Waals surface area contributed by atoms with Crippen LogP contribution in [-0.2, 0) is 4.79 Å². The topological polar surface area (TPSA) is 62.5 Å². The highest BCUT2D eigenvalue weighted by atomic mass is 79.9. The highest BCUT2D eigenvalue weighted by Crippen LogP contribution is 2.14. The maximum absolute atomic E-state index is 11.4. The highest BCUT2D eigenvalue weighted by molar-refractivity contribution is 9.10. The number of hydrogen-bond donors (Lipinski definition) is 2. The van der Waals surface area contributed by atoms with Crippen LogP contribution < -0.4 is 5.32 Å². The molecular formula is C11H14BrNO3. The molecule has 0 aromatic carbocycles. The van der Waals surface area contributed by atoms with Crippen LogP contribution in [0.15, 0.2) is 27.3 Å². The molecule has 0 spiro atoms. The second kappa shape index (κ2) is 6.50. The SMILES string of the molecule is CC[C@H](CO)NC(=O)/C=C/c1ccc(Br)o1. The summed E-state index contributed by atoms with van der Waals surface area (Å²) < 4.78 is 5.81. The minimum atomic E-state index is -0.242. The van der Waals surface area contributed by atoms with Crippen LogP contribution in [0.3, 0.4) is 0 Å². The van der Waals surface area contributed by atoms with Gasteiger partial charge in [0.2, 0.25) is 5.91 Å². The number of rotatable bonds is 5. The van der Waals surface area contributed by atoms with Gasteiger partial charge in [0.25, 0.3) is 0 Å². The molecule has 0 aliphatic rings. The van der Waals surface area contributed by atoms with E-state index in [-0.39, 0.29) is 18.6 Å². The number of carbonyl (C=O) groups excluding carboxylic acids is 1. The normalized spacial score (nSPS) is 12.9. The summed E-state index contributed by atoms with van der Waals surface area (Å²) in [6.07, 6.45) is 3.65. The zero-order valence-electron chi connectivity index (χ0n) is 8.94. The second-order valence-electron chi connectivity index (χ2n) is 3.27. The zero-order valence-corrected chi connectivity index (χ0v) is 10.5. The summed E-state index contributed by atoms with van der Waals surface area (Å²) in [7, 11) is 0. The first-order valence-corrected chi connectivity index (χ1v) is 5.79. The Morgan fingerprint density at radius 2 is 2.44 bits per heavy atom. The van der Waals surface area contributed by atoms with Crippen LogP contribution in [0.2, 0.25) is 0 Å². The van der Waals surface area contributed by atoms with E-state index in [0.29, 0.717) is 16.9 Å². The number of nitrogens with one attached hydrogen (secondary N) is 1. The average Bonchev–Trinajstić information content (AvgIpc) is 2.69. The molecule has 1 aromatic heterocycles. The van der Waals surface area contributed by atoms with Gasteiger partial charge in [0.15, 0.2) is 4.67 Å². The number of amides is 1. The summed E-state index contributed by atoms with van der Waals surface area (Å²) in [5.74, 6) is 0.354. The third-order valence-corrected chi connectivity index (χ3v) is 2.48.